The van der Waals surface area contributed by atoms with Crippen LogP contribution in [0.25, 0.3) is 0 Å². The molecule has 0 unspecified atom stereocenters. The summed E-state index contributed by atoms with van der Waals surface area (Å²) in [6.45, 7) is 1.80. The molecule has 3 nitrogen and oxygen atoms in total. The normalized spacial score (nSPS) is 14.9. The summed E-state index contributed by atoms with van der Waals surface area (Å²) in [7, 11) is 0. The maximum absolute atomic E-state index is 5.96. The molecule has 2 N–H and O–H groups in total. The first-order chi connectivity index (χ1) is 10.3. The minimum absolute atomic E-state index is 0.637. The molecule has 3 heteroatoms. The lowest BCUT2D eigenvalue weighted by molar-refractivity contribution is 0.784. The molecule has 0 saturated heterocycles. The van der Waals surface area contributed by atoms with Gasteiger partial charge in [0.05, 0.1) is 0 Å². The third kappa shape index (κ3) is 3.43. The second kappa shape index (κ2) is 6.44. The van der Waals surface area contributed by atoms with E-state index in [4.69, 9.17) is 5.73 Å². The van der Waals surface area contributed by atoms with Crippen LogP contribution in [0.5, 0.6) is 0 Å². The Morgan fingerprint density at radius 2 is 1.57 bits per heavy atom. The van der Waals surface area contributed by atoms with Gasteiger partial charge in [-0.2, -0.15) is 0 Å². The molecule has 1 aliphatic rings. The van der Waals surface area contributed by atoms with Crippen LogP contribution < -0.4 is 10.6 Å². The van der Waals surface area contributed by atoms with E-state index in [1.807, 2.05) is 0 Å². The van der Waals surface area contributed by atoms with Crippen molar-refractivity contribution in [2.45, 2.75) is 19.3 Å². The molecule has 0 amide bonds. The van der Waals surface area contributed by atoms with E-state index in [9.17, 15) is 0 Å². The van der Waals surface area contributed by atoms with Crippen molar-refractivity contribution in [1.82, 2.24) is 0 Å². The number of aliphatic imine (C=N–C) groups is 1. The Bertz CT molecular complexity index is 602. The molecule has 2 aromatic rings. The largest absolute Gasteiger partial charge is 0.370 e. The number of anilines is 1. The number of guanidine groups is 1. The second-order valence-electron chi connectivity index (χ2n) is 5.40. The van der Waals surface area contributed by atoms with Gasteiger partial charge in [-0.15, -0.1) is 0 Å². The van der Waals surface area contributed by atoms with Gasteiger partial charge in [-0.1, -0.05) is 42.5 Å². The minimum Gasteiger partial charge on any atom is -0.370 e. The number of nitrogens with zero attached hydrogens (tertiary/aromatic N) is 2. The van der Waals surface area contributed by atoms with Crippen LogP contribution in [0.1, 0.15) is 17.5 Å². The Kier molecular flexibility index (Phi) is 4.20. The molecular formula is C18H21N3. The number of rotatable bonds is 4. The fraction of sp³-hybridized carbons (Fsp3) is 0.278. The van der Waals surface area contributed by atoms with Crippen LogP contribution in [-0.4, -0.2) is 19.0 Å². The molecule has 108 valence electrons. The van der Waals surface area contributed by atoms with E-state index in [2.05, 4.69) is 64.5 Å². The van der Waals surface area contributed by atoms with Gasteiger partial charge in [0.15, 0.2) is 5.96 Å². The van der Waals surface area contributed by atoms with Crippen LogP contribution in [0.3, 0.4) is 0 Å². The first-order valence-electron chi connectivity index (χ1n) is 7.53. The zero-order chi connectivity index (χ0) is 14.5. The minimum atomic E-state index is 0.637. The highest BCUT2D eigenvalue weighted by molar-refractivity contribution is 5.95. The van der Waals surface area contributed by atoms with Gasteiger partial charge < -0.3 is 10.6 Å². The highest BCUT2D eigenvalue weighted by Crippen LogP contribution is 2.18. The standard InChI is InChI=1S/C18H21N3/c19-18-20-13-4-14-21(18)17-11-9-16(10-12-17)8-7-15-5-2-1-3-6-15/h1-3,5-6,9-12H,4,7-8,13-14H2,(H2,19,20). The molecule has 0 fully saturated rings. The molecule has 0 atom stereocenters. The zero-order valence-corrected chi connectivity index (χ0v) is 12.2. The zero-order valence-electron chi connectivity index (χ0n) is 12.2. The molecule has 0 aromatic heterocycles. The van der Waals surface area contributed by atoms with Crippen molar-refractivity contribution >= 4 is 11.6 Å². The fourth-order valence-corrected chi connectivity index (χ4v) is 2.66. The van der Waals surface area contributed by atoms with Gasteiger partial charge in [0.2, 0.25) is 0 Å². The van der Waals surface area contributed by atoms with Crippen LogP contribution >= 0.6 is 0 Å². The van der Waals surface area contributed by atoms with E-state index in [0.717, 1.165) is 38.0 Å². The van der Waals surface area contributed by atoms with E-state index in [-0.39, 0.29) is 0 Å². The SMILES string of the molecule is NC1=NCCCN1c1ccc(CCc2ccccc2)cc1. The Labute approximate surface area is 126 Å². The molecule has 0 spiro atoms. The highest BCUT2D eigenvalue weighted by Gasteiger charge is 2.13. The molecule has 0 bridgehead atoms. The van der Waals surface area contributed by atoms with Crippen molar-refractivity contribution in [3.8, 4) is 0 Å². The molecule has 1 aliphatic heterocycles. The molecule has 1 heterocycles. The summed E-state index contributed by atoms with van der Waals surface area (Å²) in [5.74, 6) is 0.637. The average Bonchev–Trinajstić information content (AvgIpc) is 2.55. The van der Waals surface area contributed by atoms with Gasteiger partial charge in [-0.25, -0.2) is 0 Å². The van der Waals surface area contributed by atoms with Crippen LogP contribution in [0.2, 0.25) is 0 Å². The Hall–Kier alpha value is -2.29. The third-order valence-electron chi connectivity index (χ3n) is 3.88. The van der Waals surface area contributed by atoms with E-state index in [1.165, 1.54) is 11.1 Å². The summed E-state index contributed by atoms with van der Waals surface area (Å²) in [6.07, 6.45) is 3.21. The molecule has 21 heavy (non-hydrogen) atoms. The van der Waals surface area contributed by atoms with Crippen molar-refractivity contribution in [3.05, 3.63) is 65.7 Å². The topological polar surface area (TPSA) is 41.6 Å². The van der Waals surface area contributed by atoms with E-state index in [0.29, 0.717) is 5.96 Å². The monoisotopic (exact) mass is 279 g/mol. The fourth-order valence-electron chi connectivity index (χ4n) is 2.66. The second-order valence-corrected chi connectivity index (χ2v) is 5.40. The van der Waals surface area contributed by atoms with Gasteiger partial charge in [-0.05, 0) is 42.5 Å². The number of hydrogen-bond donors (Lipinski definition) is 1. The van der Waals surface area contributed by atoms with Gasteiger partial charge in [0.25, 0.3) is 0 Å². The van der Waals surface area contributed by atoms with Crippen molar-refractivity contribution in [2.75, 3.05) is 18.0 Å². The predicted octanol–water partition coefficient (Wildman–Crippen LogP) is 3.00. The maximum atomic E-state index is 5.96. The van der Waals surface area contributed by atoms with Crippen LogP contribution in [0.15, 0.2) is 59.6 Å². The van der Waals surface area contributed by atoms with Gasteiger partial charge in [0.1, 0.15) is 0 Å². The molecule has 0 aliphatic carbocycles. The third-order valence-corrected chi connectivity index (χ3v) is 3.88. The van der Waals surface area contributed by atoms with E-state index < -0.39 is 0 Å². The lowest BCUT2D eigenvalue weighted by Gasteiger charge is -2.26. The van der Waals surface area contributed by atoms with E-state index in [1.54, 1.807) is 0 Å². The van der Waals surface area contributed by atoms with Crippen LogP contribution in [0, 0.1) is 0 Å². The summed E-state index contributed by atoms with van der Waals surface area (Å²) in [4.78, 5) is 6.39. The first-order valence-corrected chi connectivity index (χ1v) is 7.53. The van der Waals surface area contributed by atoms with Crippen molar-refractivity contribution < 1.29 is 0 Å². The Morgan fingerprint density at radius 3 is 2.24 bits per heavy atom. The maximum Gasteiger partial charge on any atom is 0.195 e. The van der Waals surface area contributed by atoms with Gasteiger partial charge >= 0.3 is 0 Å². The summed E-state index contributed by atoms with van der Waals surface area (Å²) < 4.78 is 0. The van der Waals surface area contributed by atoms with Crippen molar-refractivity contribution in [1.29, 1.82) is 0 Å². The Morgan fingerprint density at radius 1 is 0.905 bits per heavy atom. The van der Waals surface area contributed by atoms with Crippen molar-refractivity contribution in [3.63, 3.8) is 0 Å². The number of benzene rings is 2. The molecule has 0 saturated carbocycles. The van der Waals surface area contributed by atoms with Crippen LogP contribution in [-0.2, 0) is 12.8 Å². The van der Waals surface area contributed by atoms with Crippen molar-refractivity contribution in [2.24, 2.45) is 10.7 Å². The average molecular weight is 279 g/mol. The molecular weight excluding hydrogens is 258 g/mol. The number of aryl methyl sites for hydroxylation is 2. The summed E-state index contributed by atoms with van der Waals surface area (Å²) in [5.41, 5.74) is 9.84. The highest BCUT2D eigenvalue weighted by atomic mass is 15.3. The smallest absolute Gasteiger partial charge is 0.195 e. The quantitative estimate of drug-likeness (QED) is 0.934. The summed E-state index contributed by atoms with van der Waals surface area (Å²) in [5, 5.41) is 0. The van der Waals surface area contributed by atoms with Crippen LogP contribution in [0.4, 0.5) is 5.69 Å². The first kappa shape index (κ1) is 13.7. The Balaban J connectivity index is 1.64. The molecule has 0 radical (unpaired) electrons. The van der Waals surface area contributed by atoms with Gasteiger partial charge in [-0.3, -0.25) is 4.99 Å². The van der Waals surface area contributed by atoms with Gasteiger partial charge in [0, 0.05) is 18.8 Å². The number of nitrogens with two attached hydrogens (primary N) is 1. The molecule has 3 rings (SSSR count). The summed E-state index contributed by atoms with van der Waals surface area (Å²) in [6, 6.07) is 19.3. The predicted molar refractivity (Wildman–Crippen MR) is 88.7 cm³/mol. The summed E-state index contributed by atoms with van der Waals surface area (Å²) >= 11 is 0. The van der Waals surface area contributed by atoms with E-state index >= 15 is 0 Å². The number of hydrogen-bond acceptors (Lipinski definition) is 3. The lowest BCUT2D eigenvalue weighted by atomic mass is 10.0. The molecule has 2 aromatic carbocycles. The lowest BCUT2D eigenvalue weighted by Crippen LogP contribution is -2.41.